The topological polar surface area (TPSA) is 64.4 Å². The van der Waals surface area contributed by atoms with Gasteiger partial charge in [0.15, 0.2) is 0 Å². The minimum absolute atomic E-state index is 0.252. The molecule has 16 heavy (non-hydrogen) atoms. The van der Waals surface area contributed by atoms with Crippen LogP contribution in [0.5, 0.6) is 0 Å². The van der Waals surface area contributed by atoms with E-state index in [4.69, 9.17) is 4.74 Å². The highest BCUT2D eigenvalue weighted by Crippen LogP contribution is 2.24. The monoisotopic (exact) mass is 228 g/mol. The molecule has 6 heteroatoms. The van der Waals surface area contributed by atoms with Crippen molar-refractivity contribution in [3.8, 4) is 0 Å². The summed E-state index contributed by atoms with van der Waals surface area (Å²) in [4.78, 5) is 10.0. The Bertz CT molecular complexity index is 371. The molecule has 0 heterocycles. The summed E-state index contributed by atoms with van der Waals surface area (Å²) < 4.78 is 17.6. The van der Waals surface area contributed by atoms with E-state index < -0.39 is 10.7 Å². The fourth-order valence-electron chi connectivity index (χ4n) is 1.24. The zero-order valence-corrected chi connectivity index (χ0v) is 8.90. The van der Waals surface area contributed by atoms with Crippen LogP contribution in [0.2, 0.25) is 0 Å². The third kappa shape index (κ3) is 3.47. The lowest BCUT2D eigenvalue weighted by Crippen LogP contribution is -2.06. The molecule has 88 valence electrons. The van der Waals surface area contributed by atoms with Crippen LogP contribution >= 0.6 is 0 Å². The Labute approximate surface area is 92.4 Å². The highest BCUT2D eigenvalue weighted by Gasteiger charge is 2.13. The van der Waals surface area contributed by atoms with Gasteiger partial charge < -0.3 is 10.1 Å². The van der Waals surface area contributed by atoms with Crippen LogP contribution in [0.25, 0.3) is 0 Å². The molecule has 0 saturated heterocycles. The van der Waals surface area contributed by atoms with E-state index in [2.05, 4.69) is 5.32 Å². The number of hydrogen-bond donors (Lipinski definition) is 1. The van der Waals surface area contributed by atoms with E-state index in [0.29, 0.717) is 18.8 Å². The summed E-state index contributed by atoms with van der Waals surface area (Å²) in [6.45, 7) is 1.11. The van der Waals surface area contributed by atoms with Gasteiger partial charge in [-0.3, -0.25) is 10.1 Å². The zero-order chi connectivity index (χ0) is 12.0. The summed E-state index contributed by atoms with van der Waals surface area (Å²) in [6.07, 6.45) is 0.727. The number of nitro benzene ring substituents is 1. The average Bonchev–Trinajstić information content (AvgIpc) is 2.26. The average molecular weight is 228 g/mol. The van der Waals surface area contributed by atoms with Gasteiger partial charge >= 0.3 is 0 Å². The summed E-state index contributed by atoms with van der Waals surface area (Å²) >= 11 is 0. The van der Waals surface area contributed by atoms with Crippen molar-refractivity contribution in [3.05, 3.63) is 34.1 Å². The van der Waals surface area contributed by atoms with Gasteiger partial charge in [0.25, 0.3) is 5.69 Å². The molecule has 0 spiro atoms. The Kier molecular flexibility index (Phi) is 4.65. The number of ether oxygens (including phenoxy) is 1. The number of nitro groups is 1. The normalized spacial score (nSPS) is 10.1. The highest BCUT2D eigenvalue weighted by atomic mass is 19.1. The van der Waals surface area contributed by atoms with E-state index in [9.17, 15) is 14.5 Å². The molecule has 0 unspecified atom stereocenters. The molecule has 1 aromatic rings. The summed E-state index contributed by atoms with van der Waals surface area (Å²) in [6, 6.07) is 3.45. The lowest BCUT2D eigenvalue weighted by Gasteiger charge is -2.06. The second-order valence-electron chi connectivity index (χ2n) is 3.19. The van der Waals surface area contributed by atoms with Crippen LogP contribution in [0.15, 0.2) is 18.2 Å². The van der Waals surface area contributed by atoms with Crippen LogP contribution in [0.3, 0.4) is 0 Å². The second kappa shape index (κ2) is 6.02. The van der Waals surface area contributed by atoms with Crippen molar-refractivity contribution in [3.63, 3.8) is 0 Å². The molecule has 0 bridgehead atoms. The molecule has 5 nitrogen and oxygen atoms in total. The fraction of sp³-hybridized carbons (Fsp3) is 0.400. The molecule has 0 atom stereocenters. The second-order valence-corrected chi connectivity index (χ2v) is 3.19. The molecule has 0 saturated carbocycles. The van der Waals surface area contributed by atoms with E-state index >= 15 is 0 Å². The molecule has 1 rings (SSSR count). The van der Waals surface area contributed by atoms with Crippen LogP contribution in [0.4, 0.5) is 15.8 Å². The van der Waals surface area contributed by atoms with Crippen molar-refractivity contribution in [2.75, 3.05) is 25.6 Å². The van der Waals surface area contributed by atoms with Gasteiger partial charge in [0.2, 0.25) is 0 Å². The largest absolute Gasteiger partial charge is 0.385 e. The Morgan fingerprint density at radius 2 is 2.31 bits per heavy atom. The van der Waals surface area contributed by atoms with Gasteiger partial charge in [-0.1, -0.05) is 0 Å². The zero-order valence-electron chi connectivity index (χ0n) is 8.90. The quantitative estimate of drug-likeness (QED) is 0.460. The first-order valence-electron chi connectivity index (χ1n) is 4.82. The van der Waals surface area contributed by atoms with E-state index in [0.717, 1.165) is 12.5 Å². The summed E-state index contributed by atoms with van der Waals surface area (Å²) in [7, 11) is 1.58. The van der Waals surface area contributed by atoms with Gasteiger partial charge in [-0.05, 0) is 18.6 Å². The molecule has 0 aliphatic rings. The molecule has 1 aromatic carbocycles. The predicted molar refractivity (Wildman–Crippen MR) is 58.0 cm³/mol. The maximum absolute atomic E-state index is 12.8. The number of halogens is 1. The molecule has 0 fully saturated rings. The van der Waals surface area contributed by atoms with Crippen molar-refractivity contribution < 1.29 is 14.1 Å². The van der Waals surface area contributed by atoms with Crippen LogP contribution in [0, 0.1) is 15.9 Å². The molecule has 0 aromatic heterocycles. The number of methoxy groups -OCH3 is 1. The van der Waals surface area contributed by atoms with Gasteiger partial charge in [-0.15, -0.1) is 0 Å². The van der Waals surface area contributed by atoms with Gasteiger partial charge in [0.05, 0.1) is 11.0 Å². The molecule has 0 amide bonds. The summed E-state index contributed by atoms with van der Waals surface area (Å²) in [5.74, 6) is -0.617. The Morgan fingerprint density at radius 1 is 1.56 bits per heavy atom. The number of rotatable bonds is 6. The number of hydrogen-bond acceptors (Lipinski definition) is 4. The van der Waals surface area contributed by atoms with Gasteiger partial charge in [-0.25, -0.2) is 4.39 Å². The van der Waals surface area contributed by atoms with Crippen molar-refractivity contribution in [1.82, 2.24) is 0 Å². The Balaban J connectivity index is 2.67. The van der Waals surface area contributed by atoms with Crippen molar-refractivity contribution >= 4 is 11.4 Å². The minimum Gasteiger partial charge on any atom is -0.385 e. The SMILES string of the molecule is COCCCNc1ccc(F)cc1[N+](=O)[O-]. The lowest BCUT2D eigenvalue weighted by atomic mass is 10.2. The first kappa shape index (κ1) is 12.4. The van der Waals surface area contributed by atoms with Crippen molar-refractivity contribution in [2.24, 2.45) is 0 Å². The van der Waals surface area contributed by atoms with Gasteiger partial charge in [-0.2, -0.15) is 0 Å². The molecular formula is C10H13FN2O3. The van der Waals surface area contributed by atoms with E-state index in [-0.39, 0.29) is 5.69 Å². The highest BCUT2D eigenvalue weighted by molar-refractivity contribution is 5.61. The van der Waals surface area contributed by atoms with Gasteiger partial charge in [0, 0.05) is 20.3 Å². The smallest absolute Gasteiger partial charge is 0.295 e. The Morgan fingerprint density at radius 3 is 2.94 bits per heavy atom. The summed E-state index contributed by atoms with van der Waals surface area (Å²) in [5.41, 5.74) is 0.0694. The molecular weight excluding hydrogens is 215 g/mol. The van der Waals surface area contributed by atoms with Crippen LogP contribution in [0.1, 0.15) is 6.42 Å². The summed E-state index contributed by atoms with van der Waals surface area (Å²) in [5, 5.41) is 13.5. The molecule has 1 N–H and O–H groups in total. The van der Waals surface area contributed by atoms with Crippen LogP contribution < -0.4 is 5.32 Å². The van der Waals surface area contributed by atoms with Gasteiger partial charge in [0.1, 0.15) is 11.5 Å². The maximum Gasteiger partial charge on any atom is 0.295 e. The Hall–Kier alpha value is -1.69. The predicted octanol–water partition coefficient (Wildman–Crippen LogP) is 2.18. The van der Waals surface area contributed by atoms with Crippen LogP contribution in [-0.4, -0.2) is 25.2 Å². The first-order valence-corrected chi connectivity index (χ1v) is 4.82. The standard InChI is InChI=1S/C10H13FN2O3/c1-16-6-2-5-12-9-4-3-8(11)7-10(9)13(14)15/h3-4,7,12H,2,5-6H2,1H3. The maximum atomic E-state index is 12.8. The van der Waals surface area contributed by atoms with Crippen LogP contribution in [-0.2, 0) is 4.74 Å². The van der Waals surface area contributed by atoms with Crippen molar-refractivity contribution in [2.45, 2.75) is 6.42 Å². The number of benzene rings is 1. The van der Waals surface area contributed by atoms with E-state index in [1.807, 2.05) is 0 Å². The van der Waals surface area contributed by atoms with E-state index in [1.54, 1.807) is 7.11 Å². The van der Waals surface area contributed by atoms with E-state index in [1.165, 1.54) is 12.1 Å². The third-order valence-corrected chi connectivity index (χ3v) is 2.00. The molecule has 0 aliphatic heterocycles. The fourth-order valence-corrected chi connectivity index (χ4v) is 1.24. The lowest BCUT2D eigenvalue weighted by molar-refractivity contribution is -0.384. The number of nitrogens with zero attached hydrogens (tertiary/aromatic N) is 1. The first-order chi connectivity index (χ1) is 7.65. The molecule has 0 aliphatic carbocycles. The minimum atomic E-state index is -0.617. The number of nitrogens with one attached hydrogen (secondary N) is 1. The van der Waals surface area contributed by atoms with Crippen molar-refractivity contribution in [1.29, 1.82) is 0 Å². The molecule has 0 radical (unpaired) electrons. The number of anilines is 1. The third-order valence-electron chi connectivity index (χ3n) is 2.00.